The van der Waals surface area contributed by atoms with E-state index in [4.69, 9.17) is 4.42 Å². The lowest BCUT2D eigenvalue weighted by molar-refractivity contribution is 0.110. The normalized spacial score (nSPS) is 12.3. The second-order valence-electron chi connectivity index (χ2n) is 4.56. The van der Waals surface area contributed by atoms with Crippen molar-refractivity contribution < 1.29 is 26.0 Å². The summed E-state index contributed by atoms with van der Waals surface area (Å²) in [5, 5.41) is 0. The Kier molecular flexibility index (Phi) is 3.77. The van der Waals surface area contributed by atoms with Crippen molar-refractivity contribution in [3.05, 3.63) is 36.1 Å². The van der Waals surface area contributed by atoms with Gasteiger partial charge in [-0.2, -0.15) is 0 Å². The Labute approximate surface area is 122 Å². The van der Waals surface area contributed by atoms with Crippen LogP contribution in [0.2, 0.25) is 0 Å². The zero-order valence-electron chi connectivity index (χ0n) is 11.2. The highest BCUT2D eigenvalue weighted by Crippen LogP contribution is 2.28. The quantitative estimate of drug-likeness (QED) is 0.790. The third kappa shape index (κ3) is 3.40. The van der Waals surface area contributed by atoms with Gasteiger partial charge in [0.1, 0.15) is 5.76 Å². The first-order chi connectivity index (χ1) is 9.61. The lowest BCUT2D eigenvalue weighted by atomic mass is 10.2. The van der Waals surface area contributed by atoms with Crippen molar-refractivity contribution >= 4 is 26.0 Å². The summed E-state index contributed by atoms with van der Waals surface area (Å²) in [5.74, 6) is 0.281. The topological polar surface area (TPSA) is 98.5 Å². The zero-order chi connectivity index (χ0) is 15.8. The van der Waals surface area contributed by atoms with Crippen molar-refractivity contribution in [3.8, 4) is 11.3 Å². The number of sulfone groups is 2. The maximum atomic E-state index is 11.7. The van der Waals surface area contributed by atoms with Gasteiger partial charge in [-0.05, 0) is 30.3 Å². The van der Waals surface area contributed by atoms with Crippen molar-refractivity contribution in [2.24, 2.45) is 0 Å². The summed E-state index contributed by atoms with van der Waals surface area (Å²) < 4.78 is 51.9. The molecule has 0 saturated carbocycles. The van der Waals surface area contributed by atoms with E-state index in [1.54, 1.807) is 0 Å². The molecule has 1 aromatic carbocycles. The molecule has 6 nitrogen and oxygen atoms in total. The molecular formula is C13H12O6S2. The number of hydrogen-bond acceptors (Lipinski definition) is 6. The van der Waals surface area contributed by atoms with Gasteiger partial charge in [-0.1, -0.05) is 0 Å². The van der Waals surface area contributed by atoms with Crippen molar-refractivity contribution in [2.75, 3.05) is 12.5 Å². The van der Waals surface area contributed by atoms with Crippen LogP contribution in [0.4, 0.5) is 0 Å². The van der Waals surface area contributed by atoms with Crippen LogP contribution in [0.1, 0.15) is 10.6 Å². The van der Waals surface area contributed by atoms with E-state index >= 15 is 0 Å². The van der Waals surface area contributed by atoms with Crippen molar-refractivity contribution in [1.82, 2.24) is 0 Å². The number of carbonyl (C=O) groups excluding carboxylic acids is 1. The predicted molar refractivity (Wildman–Crippen MR) is 75.8 cm³/mol. The van der Waals surface area contributed by atoms with Gasteiger partial charge in [0.05, 0.1) is 9.79 Å². The van der Waals surface area contributed by atoms with E-state index in [-0.39, 0.29) is 26.9 Å². The van der Waals surface area contributed by atoms with Gasteiger partial charge in [-0.3, -0.25) is 4.79 Å². The van der Waals surface area contributed by atoms with Crippen molar-refractivity contribution in [1.29, 1.82) is 0 Å². The second kappa shape index (κ2) is 5.12. The Morgan fingerprint density at radius 3 is 1.81 bits per heavy atom. The van der Waals surface area contributed by atoms with Crippen LogP contribution in [0.3, 0.4) is 0 Å². The van der Waals surface area contributed by atoms with Crippen LogP contribution >= 0.6 is 0 Å². The number of carbonyl (C=O) groups is 1. The van der Waals surface area contributed by atoms with E-state index in [9.17, 15) is 21.6 Å². The van der Waals surface area contributed by atoms with E-state index in [0.717, 1.165) is 18.6 Å². The summed E-state index contributed by atoms with van der Waals surface area (Å²) >= 11 is 0. The first-order valence-corrected chi connectivity index (χ1v) is 9.50. The summed E-state index contributed by atoms with van der Waals surface area (Å²) in [6, 6.07) is 6.58. The minimum absolute atomic E-state index is 0.0654. The Bertz CT molecular complexity index is 854. The van der Waals surface area contributed by atoms with E-state index < -0.39 is 19.7 Å². The van der Waals surface area contributed by atoms with Crippen molar-refractivity contribution in [2.45, 2.75) is 9.79 Å². The highest BCUT2D eigenvalue weighted by molar-refractivity contribution is 7.91. The van der Waals surface area contributed by atoms with E-state index in [2.05, 4.69) is 0 Å². The van der Waals surface area contributed by atoms with Gasteiger partial charge in [0.2, 0.25) is 0 Å². The molecule has 0 bridgehead atoms. The summed E-state index contributed by atoms with van der Waals surface area (Å²) in [4.78, 5) is 10.3. The number of rotatable bonds is 4. The van der Waals surface area contributed by atoms with Crippen LogP contribution in [-0.4, -0.2) is 35.6 Å². The zero-order valence-corrected chi connectivity index (χ0v) is 12.9. The molecule has 0 N–H and O–H groups in total. The molecular weight excluding hydrogens is 316 g/mol. The fourth-order valence-electron chi connectivity index (χ4n) is 1.71. The Morgan fingerprint density at radius 2 is 1.43 bits per heavy atom. The summed E-state index contributed by atoms with van der Waals surface area (Å²) in [6.07, 6.45) is 2.47. The van der Waals surface area contributed by atoms with Crippen LogP contribution in [-0.2, 0) is 19.7 Å². The average Bonchev–Trinajstić information content (AvgIpc) is 2.85. The predicted octanol–water partition coefficient (Wildman–Crippen LogP) is 1.57. The molecule has 0 fully saturated rings. The molecule has 8 heteroatoms. The summed E-state index contributed by atoms with van der Waals surface area (Å²) in [5.41, 5.74) is 0.270. The van der Waals surface area contributed by atoms with Gasteiger partial charge < -0.3 is 4.42 Å². The Balaban J connectivity index is 2.74. The number of aldehydes is 1. The average molecular weight is 328 g/mol. The third-order valence-corrected chi connectivity index (χ3v) is 4.95. The molecule has 112 valence electrons. The molecule has 0 saturated heterocycles. The summed E-state index contributed by atoms with van der Waals surface area (Å²) in [6.45, 7) is 0. The van der Waals surface area contributed by atoms with Gasteiger partial charge in [-0.25, -0.2) is 16.8 Å². The van der Waals surface area contributed by atoms with E-state index in [1.165, 1.54) is 24.3 Å². The molecule has 2 rings (SSSR count). The van der Waals surface area contributed by atoms with Gasteiger partial charge in [-0.15, -0.1) is 0 Å². The molecule has 0 aliphatic rings. The molecule has 0 spiro atoms. The number of benzene rings is 1. The highest BCUT2D eigenvalue weighted by Gasteiger charge is 2.17. The number of hydrogen-bond donors (Lipinski definition) is 0. The van der Waals surface area contributed by atoms with Crippen molar-refractivity contribution in [3.63, 3.8) is 0 Å². The number of furan rings is 1. The fourth-order valence-corrected chi connectivity index (χ4v) is 3.15. The molecule has 0 aliphatic carbocycles. The maximum Gasteiger partial charge on any atom is 0.185 e. The first kappa shape index (κ1) is 15.5. The minimum Gasteiger partial charge on any atom is -0.453 e. The largest absolute Gasteiger partial charge is 0.453 e. The maximum absolute atomic E-state index is 11.7. The molecule has 0 amide bonds. The fraction of sp³-hybridized carbons (Fsp3) is 0.154. The Morgan fingerprint density at radius 1 is 0.905 bits per heavy atom. The third-order valence-electron chi connectivity index (χ3n) is 2.76. The molecule has 21 heavy (non-hydrogen) atoms. The van der Waals surface area contributed by atoms with Gasteiger partial charge in [0, 0.05) is 18.1 Å². The van der Waals surface area contributed by atoms with E-state index in [0.29, 0.717) is 6.29 Å². The van der Waals surface area contributed by atoms with Crippen LogP contribution in [0.5, 0.6) is 0 Å². The lowest BCUT2D eigenvalue weighted by Crippen LogP contribution is -2.03. The standard InChI is InChI=1S/C13H12O6S2/c1-20(15,16)11-5-9(6-12(7-11)21(2,17)18)13-4-3-10(8-14)19-13/h3-8H,1-2H3. The molecule has 0 radical (unpaired) electrons. The minimum atomic E-state index is -3.59. The lowest BCUT2D eigenvalue weighted by Gasteiger charge is -2.06. The molecule has 0 unspecified atom stereocenters. The highest BCUT2D eigenvalue weighted by atomic mass is 32.2. The smallest absolute Gasteiger partial charge is 0.185 e. The Hall–Kier alpha value is -1.93. The van der Waals surface area contributed by atoms with Crippen LogP contribution in [0.15, 0.2) is 44.5 Å². The van der Waals surface area contributed by atoms with Crippen LogP contribution < -0.4 is 0 Å². The molecule has 1 aromatic heterocycles. The molecule has 0 atom stereocenters. The monoisotopic (exact) mass is 328 g/mol. The van der Waals surface area contributed by atoms with Gasteiger partial charge in [0.15, 0.2) is 31.7 Å². The SMILES string of the molecule is CS(=O)(=O)c1cc(-c2ccc(C=O)o2)cc(S(C)(=O)=O)c1. The second-order valence-corrected chi connectivity index (χ2v) is 8.59. The van der Waals surface area contributed by atoms with Gasteiger partial charge in [0.25, 0.3) is 0 Å². The van der Waals surface area contributed by atoms with E-state index in [1.807, 2.05) is 0 Å². The molecule has 0 aliphatic heterocycles. The van der Waals surface area contributed by atoms with Crippen LogP contribution in [0, 0.1) is 0 Å². The summed E-state index contributed by atoms with van der Waals surface area (Å²) in [7, 11) is -7.18. The molecule has 2 aromatic rings. The molecule has 1 heterocycles. The van der Waals surface area contributed by atoms with Gasteiger partial charge >= 0.3 is 0 Å². The van der Waals surface area contributed by atoms with Crippen LogP contribution in [0.25, 0.3) is 11.3 Å². The first-order valence-electron chi connectivity index (χ1n) is 5.72.